The van der Waals surface area contributed by atoms with Gasteiger partial charge in [0.1, 0.15) is 0 Å². The molecule has 0 bridgehead atoms. The maximum atomic E-state index is 5.93. The Kier molecular flexibility index (Phi) is 4.53. The van der Waals surface area contributed by atoms with Crippen LogP contribution in [0.1, 0.15) is 43.0 Å². The lowest BCUT2D eigenvalue weighted by molar-refractivity contribution is 0.102. The van der Waals surface area contributed by atoms with Crippen molar-refractivity contribution in [1.29, 1.82) is 0 Å². The molecule has 0 aliphatic rings. The number of thiophene rings is 1. The Balaban J connectivity index is 2.90. The van der Waals surface area contributed by atoms with E-state index in [1.807, 2.05) is 11.3 Å². The molecule has 0 radical (unpaired) electrons. The van der Waals surface area contributed by atoms with Crippen molar-refractivity contribution in [3.05, 3.63) is 21.9 Å². The van der Waals surface area contributed by atoms with Gasteiger partial charge in [0.05, 0.1) is 6.04 Å². The molecule has 1 atom stereocenters. The minimum atomic E-state index is 0.196. The fourth-order valence-corrected chi connectivity index (χ4v) is 2.80. The Morgan fingerprint density at radius 3 is 2.44 bits per heavy atom. The molecule has 2 N–H and O–H groups in total. The van der Waals surface area contributed by atoms with Crippen molar-refractivity contribution >= 4 is 11.3 Å². The Morgan fingerprint density at radius 2 is 2.06 bits per heavy atom. The average molecular weight is 240 g/mol. The van der Waals surface area contributed by atoms with Crippen molar-refractivity contribution < 1.29 is 0 Å². The third-order valence-corrected chi connectivity index (χ3v) is 4.70. The molecule has 1 aromatic heterocycles. The van der Waals surface area contributed by atoms with E-state index < -0.39 is 0 Å². The van der Waals surface area contributed by atoms with Gasteiger partial charge in [0.15, 0.2) is 0 Å². The summed E-state index contributed by atoms with van der Waals surface area (Å²) in [5.74, 6) is 0. The molecule has 0 spiro atoms. The zero-order chi connectivity index (χ0) is 12.3. The van der Waals surface area contributed by atoms with Gasteiger partial charge in [-0.3, -0.25) is 4.90 Å². The van der Waals surface area contributed by atoms with E-state index in [1.165, 1.54) is 9.75 Å². The number of aryl methyl sites for hydroxylation is 1. The van der Waals surface area contributed by atoms with Crippen molar-refractivity contribution in [3.8, 4) is 0 Å². The van der Waals surface area contributed by atoms with Gasteiger partial charge in [0.2, 0.25) is 0 Å². The second-order valence-electron chi connectivity index (χ2n) is 4.98. The van der Waals surface area contributed by atoms with Crippen LogP contribution >= 0.6 is 11.3 Å². The molecule has 0 saturated heterocycles. The molecule has 3 heteroatoms. The van der Waals surface area contributed by atoms with E-state index in [9.17, 15) is 0 Å². The van der Waals surface area contributed by atoms with Gasteiger partial charge >= 0.3 is 0 Å². The van der Waals surface area contributed by atoms with Crippen molar-refractivity contribution in [3.63, 3.8) is 0 Å². The molecule has 1 unspecified atom stereocenters. The minimum Gasteiger partial charge on any atom is -0.329 e. The number of hydrogen-bond donors (Lipinski definition) is 1. The lowest BCUT2D eigenvalue weighted by atomic mass is 9.97. The average Bonchev–Trinajstić information content (AvgIpc) is 2.66. The first-order valence-corrected chi connectivity index (χ1v) is 6.73. The molecule has 0 amide bonds. The van der Waals surface area contributed by atoms with Crippen LogP contribution in [0.2, 0.25) is 0 Å². The van der Waals surface area contributed by atoms with E-state index in [0.29, 0.717) is 12.6 Å². The van der Waals surface area contributed by atoms with Crippen LogP contribution in [0.4, 0.5) is 0 Å². The molecule has 0 saturated carbocycles. The van der Waals surface area contributed by atoms with Gasteiger partial charge in [-0.05, 0) is 46.4 Å². The van der Waals surface area contributed by atoms with E-state index in [2.05, 4.69) is 51.8 Å². The Morgan fingerprint density at radius 1 is 1.44 bits per heavy atom. The minimum absolute atomic E-state index is 0.196. The summed E-state index contributed by atoms with van der Waals surface area (Å²) in [5.41, 5.74) is 6.13. The highest BCUT2D eigenvalue weighted by atomic mass is 32.1. The summed E-state index contributed by atoms with van der Waals surface area (Å²) in [6.45, 7) is 9.60. The smallest absolute Gasteiger partial charge is 0.0566 e. The predicted molar refractivity (Wildman–Crippen MR) is 73.0 cm³/mol. The van der Waals surface area contributed by atoms with E-state index >= 15 is 0 Å². The van der Waals surface area contributed by atoms with Crippen molar-refractivity contribution in [2.75, 3.05) is 13.6 Å². The van der Waals surface area contributed by atoms with Crippen LogP contribution in [0.3, 0.4) is 0 Å². The monoisotopic (exact) mass is 240 g/mol. The maximum Gasteiger partial charge on any atom is 0.0566 e. The molecule has 1 aromatic rings. The topological polar surface area (TPSA) is 29.3 Å². The highest BCUT2D eigenvalue weighted by Gasteiger charge is 2.28. The number of likely N-dealkylation sites (N-methyl/N-ethyl adjacent to an activating group) is 1. The van der Waals surface area contributed by atoms with Gasteiger partial charge in [-0.2, -0.15) is 0 Å². The van der Waals surface area contributed by atoms with E-state index in [-0.39, 0.29) is 5.54 Å². The van der Waals surface area contributed by atoms with Crippen LogP contribution < -0.4 is 5.73 Å². The molecule has 1 rings (SSSR count). The maximum absolute atomic E-state index is 5.93. The summed E-state index contributed by atoms with van der Waals surface area (Å²) < 4.78 is 0. The van der Waals surface area contributed by atoms with Gasteiger partial charge in [-0.25, -0.2) is 0 Å². The zero-order valence-electron chi connectivity index (χ0n) is 11.1. The van der Waals surface area contributed by atoms with Crippen LogP contribution in [-0.4, -0.2) is 24.0 Å². The van der Waals surface area contributed by atoms with Gasteiger partial charge in [0, 0.05) is 21.8 Å². The molecule has 0 aliphatic heterocycles. The number of nitrogens with zero attached hydrogens (tertiary/aromatic N) is 1. The molecular formula is C13H24N2S. The first-order chi connectivity index (χ1) is 7.42. The van der Waals surface area contributed by atoms with Crippen molar-refractivity contribution in [1.82, 2.24) is 4.90 Å². The van der Waals surface area contributed by atoms with Crippen LogP contribution in [0.5, 0.6) is 0 Å². The van der Waals surface area contributed by atoms with Crippen LogP contribution in [0.25, 0.3) is 0 Å². The van der Waals surface area contributed by atoms with Gasteiger partial charge in [-0.1, -0.05) is 6.92 Å². The SMILES string of the molecule is CCC(C)(C)N(C)C(CN)c1ccc(C)s1. The summed E-state index contributed by atoms with van der Waals surface area (Å²) in [6.07, 6.45) is 1.13. The lowest BCUT2D eigenvalue weighted by Crippen LogP contribution is -2.45. The molecule has 0 fully saturated rings. The summed E-state index contributed by atoms with van der Waals surface area (Å²) in [6, 6.07) is 4.73. The van der Waals surface area contributed by atoms with Crippen molar-refractivity contribution in [2.45, 2.75) is 45.7 Å². The Bertz CT molecular complexity index is 330. The van der Waals surface area contributed by atoms with E-state index in [0.717, 1.165) is 6.42 Å². The van der Waals surface area contributed by atoms with E-state index in [1.54, 1.807) is 0 Å². The zero-order valence-corrected chi connectivity index (χ0v) is 11.9. The van der Waals surface area contributed by atoms with Crippen LogP contribution in [0, 0.1) is 6.92 Å². The highest BCUT2D eigenvalue weighted by Crippen LogP contribution is 2.31. The first kappa shape index (κ1) is 13.7. The van der Waals surface area contributed by atoms with Crippen LogP contribution in [0.15, 0.2) is 12.1 Å². The third kappa shape index (κ3) is 2.84. The first-order valence-electron chi connectivity index (χ1n) is 5.91. The molecule has 0 aromatic carbocycles. The number of rotatable bonds is 5. The molecular weight excluding hydrogens is 216 g/mol. The molecule has 92 valence electrons. The second kappa shape index (κ2) is 5.30. The number of hydrogen-bond acceptors (Lipinski definition) is 3. The summed E-state index contributed by atoms with van der Waals surface area (Å²) >= 11 is 1.85. The number of nitrogens with two attached hydrogens (primary N) is 1. The predicted octanol–water partition coefficient (Wildman–Crippen LogP) is 3.18. The molecule has 2 nitrogen and oxygen atoms in total. The third-order valence-electron chi connectivity index (χ3n) is 3.60. The summed E-state index contributed by atoms with van der Waals surface area (Å²) in [5, 5.41) is 0. The second-order valence-corrected chi connectivity index (χ2v) is 6.30. The molecule has 0 aliphatic carbocycles. The van der Waals surface area contributed by atoms with Crippen molar-refractivity contribution in [2.24, 2.45) is 5.73 Å². The lowest BCUT2D eigenvalue weighted by Gasteiger charge is -2.40. The Labute approximate surface area is 103 Å². The Hall–Kier alpha value is -0.380. The highest BCUT2D eigenvalue weighted by molar-refractivity contribution is 7.12. The van der Waals surface area contributed by atoms with Gasteiger partial charge < -0.3 is 5.73 Å². The van der Waals surface area contributed by atoms with E-state index in [4.69, 9.17) is 5.73 Å². The normalized spacial score (nSPS) is 14.4. The largest absolute Gasteiger partial charge is 0.329 e. The standard InChI is InChI=1S/C13H24N2S/c1-6-13(3,4)15(5)11(9-14)12-8-7-10(2)16-12/h7-8,11H,6,9,14H2,1-5H3. The summed E-state index contributed by atoms with van der Waals surface area (Å²) in [7, 11) is 2.18. The van der Waals surface area contributed by atoms with Crippen LogP contribution in [-0.2, 0) is 0 Å². The molecule has 16 heavy (non-hydrogen) atoms. The molecule has 1 heterocycles. The van der Waals surface area contributed by atoms with Gasteiger partial charge in [0.25, 0.3) is 0 Å². The fraction of sp³-hybridized carbons (Fsp3) is 0.692. The summed E-state index contributed by atoms with van der Waals surface area (Å²) in [4.78, 5) is 5.14. The van der Waals surface area contributed by atoms with Gasteiger partial charge in [-0.15, -0.1) is 11.3 Å². The quantitative estimate of drug-likeness (QED) is 0.856. The fourth-order valence-electron chi connectivity index (χ4n) is 1.77.